The number of hydrogen-bond donors (Lipinski definition) is 1. The highest BCUT2D eigenvalue weighted by Gasteiger charge is 2.19. The van der Waals surface area contributed by atoms with Crippen LogP contribution in [0.1, 0.15) is 21.0 Å². The fourth-order valence-corrected chi connectivity index (χ4v) is 3.45. The molecule has 10 heteroatoms. The summed E-state index contributed by atoms with van der Waals surface area (Å²) in [6, 6.07) is 14.1. The van der Waals surface area contributed by atoms with Gasteiger partial charge in [0.25, 0.3) is 11.8 Å². The number of carbonyl (C=O) groups excluding carboxylic acids is 2. The molecule has 0 aliphatic carbocycles. The van der Waals surface area contributed by atoms with Gasteiger partial charge in [-0.3, -0.25) is 9.59 Å². The Bertz CT molecular complexity index is 1200. The smallest absolute Gasteiger partial charge is 0.284 e. The molecular formula is C20H23N5O4S. The summed E-state index contributed by atoms with van der Waals surface area (Å²) in [7, 11) is -0.242. The standard InChI is InChI=1S/C20H23N5O4S/c1-23(30(3,28)29)11-12-25-17-10-9-15(13-16(17)22-19(25)18(21)26)24(2)20(27)14-7-5-4-6-8-14/h4-10,13H,11-12H2,1-3H3,(H2,21,26). The van der Waals surface area contributed by atoms with Crippen LogP contribution in [0, 0.1) is 0 Å². The number of amides is 2. The van der Waals surface area contributed by atoms with E-state index in [2.05, 4.69) is 4.98 Å². The average molecular weight is 430 g/mol. The van der Waals surface area contributed by atoms with Crippen LogP contribution >= 0.6 is 0 Å². The van der Waals surface area contributed by atoms with Crippen LogP contribution in [0.5, 0.6) is 0 Å². The molecular weight excluding hydrogens is 406 g/mol. The topological polar surface area (TPSA) is 119 Å². The van der Waals surface area contributed by atoms with Crippen molar-refractivity contribution in [2.24, 2.45) is 5.73 Å². The van der Waals surface area contributed by atoms with E-state index in [1.807, 2.05) is 6.07 Å². The fourth-order valence-electron chi connectivity index (χ4n) is 3.04. The molecule has 0 fully saturated rings. The van der Waals surface area contributed by atoms with Gasteiger partial charge in [-0.25, -0.2) is 17.7 Å². The van der Waals surface area contributed by atoms with Crippen LogP contribution in [-0.2, 0) is 16.6 Å². The van der Waals surface area contributed by atoms with Crippen molar-refractivity contribution in [3.8, 4) is 0 Å². The van der Waals surface area contributed by atoms with Crippen LogP contribution in [-0.4, -0.2) is 61.0 Å². The van der Waals surface area contributed by atoms with E-state index in [0.717, 1.165) is 6.26 Å². The van der Waals surface area contributed by atoms with E-state index < -0.39 is 15.9 Å². The maximum Gasteiger partial charge on any atom is 0.284 e. The van der Waals surface area contributed by atoms with E-state index >= 15 is 0 Å². The lowest BCUT2D eigenvalue weighted by Gasteiger charge is -2.18. The van der Waals surface area contributed by atoms with E-state index in [1.165, 1.54) is 16.3 Å². The van der Waals surface area contributed by atoms with Crippen molar-refractivity contribution in [1.82, 2.24) is 13.9 Å². The highest BCUT2D eigenvalue weighted by molar-refractivity contribution is 7.88. The van der Waals surface area contributed by atoms with Crippen molar-refractivity contribution in [3.63, 3.8) is 0 Å². The molecule has 0 saturated heterocycles. The van der Waals surface area contributed by atoms with Crippen molar-refractivity contribution in [2.75, 3.05) is 31.8 Å². The molecule has 0 aliphatic rings. The van der Waals surface area contributed by atoms with Crippen LogP contribution < -0.4 is 10.6 Å². The summed E-state index contributed by atoms with van der Waals surface area (Å²) >= 11 is 0. The van der Waals surface area contributed by atoms with Gasteiger partial charge in [-0.1, -0.05) is 18.2 Å². The molecule has 158 valence electrons. The van der Waals surface area contributed by atoms with Gasteiger partial charge < -0.3 is 15.2 Å². The third-order valence-corrected chi connectivity index (χ3v) is 6.18. The number of nitrogens with zero attached hydrogens (tertiary/aromatic N) is 4. The molecule has 2 aromatic carbocycles. The molecule has 0 saturated carbocycles. The van der Waals surface area contributed by atoms with Gasteiger partial charge in [0.15, 0.2) is 5.82 Å². The summed E-state index contributed by atoms with van der Waals surface area (Å²) in [5, 5.41) is 0. The molecule has 30 heavy (non-hydrogen) atoms. The molecule has 9 nitrogen and oxygen atoms in total. The first-order chi connectivity index (χ1) is 14.1. The summed E-state index contributed by atoms with van der Waals surface area (Å²) in [6.45, 7) is 0.356. The van der Waals surface area contributed by atoms with Gasteiger partial charge in [0, 0.05) is 38.4 Å². The largest absolute Gasteiger partial charge is 0.363 e. The van der Waals surface area contributed by atoms with Crippen LogP contribution in [0.15, 0.2) is 48.5 Å². The fraction of sp³-hybridized carbons (Fsp3) is 0.250. The number of anilines is 1. The Kier molecular flexibility index (Phi) is 5.90. The van der Waals surface area contributed by atoms with Crippen molar-refractivity contribution in [2.45, 2.75) is 6.54 Å². The van der Waals surface area contributed by atoms with Crippen molar-refractivity contribution in [3.05, 3.63) is 59.9 Å². The van der Waals surface area contributed by atoms with E-state index in [0.29, 0.717) is 22.3 Å². The van der Waals surface area contributed by atoms with E-state index in [9.17, 15) is 18.0 Å². The predicted molar refractivity (Wildman–Crippen MR) is 115 cm³/mol. The number of rotatable bonds is 7. The molecule has 0 radical (unpaired) electrons. The van der Waals surface area contributed by atoms with Crippen molar-refractivity contribution >= 4 is 38.6 Å². The van der Waals surface area contributed by atoms with Gasteiger partial charge >= 0.3 is 0 Å². The molecule has 0 unspecified atom stereocenters. The van der Waals surface area contributed by atoms with Crippen LogP contribution in [0.4, 0.5) is 5.69 Å². The van der Waals surface area contributed by atoms with E-state index in [1.54, 1.807) is 54.1 Å². The number of carbonyl (C=O) groups is 2. The third-order valence-electron chi connectivity index (χ3n) is 4.87. The molecule has 0 spiro atoms. The Hall–Kier alpha value is -3.24. The third kappa shape index (κ3) is 4.34. The minimum Gasteiger partial charge on any atom is -0.363 e. The van der Waals surface area contributed by atoms with Gasteiger partial charge in [-0.15, -0.1) is 0 Å². The highest BCUT2D eigenvalue weighted by Crippen LogP contribution is 2.24. The Morgan fingerprint density at radius 3 is 2.37 bits per heavy atom. The Labute approximate surface area is 174 Å². The maximum absolute atomic E-state index is 12.7. The van der Waals surface area contributed by atoms with Crippen molar-refractivity contribution in [1.29, 1.82) is 0 Å². The molecule has 0 bridgehead atoms. The molecule has 3 aromatic rings. The number of nitrogens with two attached hydrogens (primary N) is 1. The van der Waals surface area contributed by atoms with E-state index in [4.69, 9.17) is 5.73 Å². The Morgan fingerprint density at radius 1 is 1.10 bits per heavy atom. The van der Waals surface area contributed by atoms with Gasteiger partial charge in [0.1, 0.15) is 0 Å². The number of benzene rings is 2. The zero-order valence-electron chi connectivity index (χ0n) is 16.9. The average Bonchev–Trinajstić information content (AvgIpc) is 3.08. The number of sulfonamides is 1. The lowest BCUT2D eigenvalue weighted by molar-refractivity contribution is 0.0981. The van der Waals surface area contributed by atoms with E-state index in [-0.39, 0.29) is 24.8 Å². The Morgan fingerprint density at radius 2 is 1.77 bits per heavy atom. The zero-order valence-corrected chi connectivity index (χ0v) is 17.8. The molecule has 2 N–H and O–H groups in total. The normalized spacial score (nSPS) is 11.7. The summed E-state index contributed by atoms with van der Waals surface area (Å²) in [5.74, 6) is -0.871. The van der Waals surface area contributed by atoms with Gasteiger partial charge in [0.05, 0.1) is 17.3 Å². The monoisotopic (exact) mass is 429 g/mol. The minimum atomic E-state index is -3.36. The summed E-state index contributed by atoms with van der Waals surface area (Å²) in [6.07, 6.45) is 1.11. The quantitative estimate of drug-likeness (QED) is 0.607. The van der Waals surface area contributed by atoms with Gasteiger partial charge in [-0.05, 0) is 30.3 Å². The highest BCUT2D eigenvalue weighted by atomic mass is 32.2. The minimum absolute atomic E-state index is 0.0288. The van der Waals surface area contributed by atoms with Crippen LogP contribution in [0.25, 0.3) is 11.0 Å². The number of hydrogen-bond acceptors (Lipinski definition) is 5. The number of imidazole rings is 1. The molecule has 1 heterocycles. The zero-order chi connectivity index (χ0) is 22.1. The maximum atomic E-state index is 12.7. The second-order valence-corrected chi connectivity index (χ2v) is 9.03. The molecule has 3 rings (SSSR count). The van der Waals surface area contributed by atoms with Crippen molar-refractivity contribution < 1.29 is 18.0 Å². The number of aromatic nitrogens is 2. The molecule has 0 aliphatic heterocycles. The van der Waals surface area contributed by atoms with Gasteiger partial charge in [-0.2, -0.15) is 0 Å². The lowest BCUT2D eigenvalue weighted by Crippen LogP contribution is -2.30. The predicted octanol–water partition coefficient (Wildman–Crippen LogP) is 1.30. The summed E-state index contributed by atoms with van der Waals surface area (Å²) < 4.78 is 26.1. The molecule has 0 atom stereocenters. The summed E-state index contributed by atoms with van der Waals surface area (Å²) in [4.78, 5) is 30.4. The number of primary amides is 1. The lowest BCUT2D eigenvalue weighted by atomic mass is 10.2. The first-order valence-electron chi connectivity index (χ1n) is 9.14. The summed E-state index contributed by atoms with van der Waals surface area (Å²) in [5.41, 5.74) is 7.73. The number of likely N-dealkylation sites (N-methyl/N-ethyl adjacent to an activating group) is 1. The van der Waals surface area contributed by atoms with Crippen LogP contribution in [0.3, 0.4) is 0 Å². The number of fused-ring (bicyclic) bond motifs is 1. The second-order valence-electron chi connectivity index (χ2n) is 6.94. The SMILES string of the molecule is CN(C(=O)c1ccccc1)c1ccc2c(c1)nc(C(N)=O)n2CCN(C)S(C)(=O)=O. The molecule has 2 amide bonds. The second kappa shape index (κ2) is 8.25. The first-order valence-corrected chi connectivity index (χ1v) is 11.0. The van der Waals surface area contributed by atoms with Gasteiger partial charge in [0.2, 0.25) is 10.0 Å². The molecule has 1 aromatic heterocycles. The Balaban J connectivity index is 1.95. The first kappa shape index (κ1) is 21.5. The van der Waals surface area contributed by atoms with Crippen LogP contribution in [0.2, 0.25) is 0 Å².